The second-order valence-corrected chi connectivity index (χ2v) is 30.9. The van der Waals surface area contributed by atoms with Gasteiger partial charge in [0.2, 0.25) is 0 Å². The summed E-state index contributed by atoms with van der Waals surface area (Å²) in [6.07, 6.45) is 2.54. The van der Waals surface area contributed by atoms with Crippen LogP contribution in [-0.4, -0.2) is 59.8 Å². The predicted octanol–water partition coefficient (Wildman–Crippen LogP) is 9.39. The Morgan fingerprint density at radius 1 is 0.690 bits per heavy atom. The average molecular weight is 631 g/mol. The first-order valence-electron chi connectivity index (χ1n) is 15.5. The Bertz CT molecular complexity index is 1170. The minimum absolute atomic E-state index is 0.0328. The van der Waals surface area contributed by atoms with Crippen LogP contribution in [0.2, 0.25) is 54.4 Å². The number of nitrogens with zero attached hydrogens (tertiary/aromatic N) is 2. The van der Waals surface area contributed by atoms with E-state index in [9.17, 15) is 0 Å². The molecule has 0 spiro atoms. The van der Waals surface area contributed by atoms with E-state index < -0.39 is 25.0 Å². The van der Waals surface area contributed by atoms with Crippen LogP contribution in [0.1, 0.15) is 74.1 Å². The van der Waals surface area contributed by atoms with E-state index in [1.54, 1.807) is 0 Å². The number of pyridine rings is 2. The first kappa shape index (κ1) is 35.3. The number of rotatable bonds is 9. The molecule has 0 radical (unpaired) electrons. The maximum Gasteiger partial charge on any atom is 0.192 e. The van der Waals surface area contributed by atoms with E-state index in [0.29, 0.717) is 6.61 Å². The van der Waals surface area contributed by atoms with E-state index in [2.05, 4.69) is 119 Å². The Kier molecular flexibility index (Phi) is 10.3. The first-order valence-corrected chi connectivity index (χ1v) is 24.2. The van der Waals surface area contributed by atoms with Crippen molar-refractivity contribution in [2.24, 2.45) is 0 Å². The number of hydrogen-bond donors (Lipinski definition) is 0. The third-order valence-electron chi connectivity index (χ3n) is 10.2. The summed E-state index contributed by atoms with van der Waals surface area (Å²) < 4.78 is 28.3. The molecule has 0 N–H and O–H groups in total. The second kappa shape index (κ2) is 12.3. The molecule has 6 nitrogen and oxygen atoms in total. The summed E-state index contributed by atoms with van der Waals surface area (Å²) in [5.41, 5.74) is 2.74. The smallest absolute Gasteiger partial charge is 0.192 e. The molecule has 0 bridgehead atoms. The lowest BCUT2D eigenvalue weighted by Crippen LogP contribution is -2.54. The predicted molar refractivity (Wildman–Crippen MR) is 182 cm³/mol. The summed E-state index contributed by atoms with van der Waals surface area (Å²) in [7, 11) is -6.41. The zero-order chi connectivity index (χ0) is 31.9. The zero-order valence-electron chi connectivity index (χ0n) is 29.1. The van der Waals surface area contributed by atoms with Crippen LogP contribution in [0.4, 0.5) is 0 Å². The van der Waals surface area contributed by atoms with Crippen molar-refractivity contribution in [3.05, 3.63) is 48.4 Å². The summed E-state index contributed by atoms with van der Waals surface area (Å²) in [4.78, 5) is 9.44. The molecule has 9 heteroatoms. The molecule has 1 saturated heterocycles. The van der Waals surface area contributed by atoms with E-state index in [1.807, 2.05) is 30.6 Å². The SMILES string of the molecule is CC(C)(C)[Si](C)(C)OC[C@H]1O[C@@H](c2ccc(-c3ccccn3)cn2)[C@H](O[Si](C)(C)C(C)(C)C)[C@@H]1O[Si](C)(C)C(C)(C)C. The van der Waals surface area contributed by atoms with E-state index in [1.165, 1.54) is 0 Å². The largest absolute Gasteiger partial charge is 0.414 e. The fourth-order valence-corrected chi connectivity index (χ4v) is 7.80. The van der Waals surface area contributed by atoms with Gasteiger partial charge in [-0.1, -0.05) is 68.4 Å². The molecule has 1 aliphatic heterocycles. The summed E-state index contributed by atoms with van der Waals surface area (Å²) in [5.74, 6) is 0. The first-order chi connectivity index (χ1) is 19.0. The van der Waals surface area contributed by atoms with Crippen LogP contribution in [0.15, 0.2) is 42.7 Å². The molecule has 1 aliphatic rings. The lowest BCUT2D eigenvalue weighted by atomic mass is 10.0. The van der Waals surface area contributed by atoms with E-state index in [0.717, 1.165) is 17.0 Å². The van der Waals surface area contributed by atoms with Crippen LogP contribution in [0, 0.1) is 0 Å². The minimum Gasteiger partial charge on any atom is -0.414 e. The maximum atomic E-state index is 7.26. The van der Waals surface area contributed by atoms with Crippen LogP contribution in [0.3, 0.4) is 0 Å². The van der Waals surface area contributed by atoms with Gasteiger partial charge in [0.15, 0.2) is 25.0 Å². The van der Waals surface area contributed by atoms with E-state index in [4.69, 9.17) is 23.0 Å². The van der Waals surface area contributed by atoms with Crippen molar-refractivity contribution in [2.45, 2.75) is 141 Å². The standard InChI is InChI=1S/C33H58N2O4Si3/c1-31(2,3)40(10,11)36-23-27-29(38-41(12,13)32(4,5)6)30(39-42(14,15)33(7,8)9)28(37-27)26-20-19-24(22-35-26)25-18-16-17-21-34-25/h16-22,27-30H,23H2,1-15H3/t27-,28+,29-,30+/m1/s1. The van der Waals surface area contributed by atoms with Gasteiger partial charge in [-0.3, -0.25) is 9.97 Å². The van der Waals surface area contributed by atoms with Gasteiger partial charge in [0.05, 0.1) is 18.0 Å². The molecule has 0 amide bonds. The highest BCUT2D eigenvalue weighted by molar-refractivity contribution is 6.75. The van der Waals surface area contributed by atoms with Crippen molar-refractivity contribution < 1.29 is 18.0 Å². The fraction of sp³-hybridized carbons (Fsp3) is 0.697. The Morgan fingerprint density at radius 3 is 1.69 bits per heavy atom. The van der Waals surface area contributed by atoms with Crippen LogP contribution in [0.5, 0.6) is 0 Å². The van der Waals surface area contributed by atoms with Gasteiger partial charge < -0.3 is 18.0 Å². The van der Waals surface area contributed by atoms with Gasteiger partial charge in [0.1, 0.15) is 24.4 Å². The highest BCUT2D eigenvalue weighted by atomic mass is 28.4. The number of aromatic nitrogens is 2. The van der Waals surface area contributed by atoms with E-state index >= 15 is 0 Å². The van der Waals surface area contributed by atoms with Crippen molar-refractivity contribution in [3.63, 3.8) is 0 Å². The minimum atomic E-state index is -2.20. The Hall–Kier alpha value is -1.21. The number of ether oxygens (including phenoxy) is 1. The molecule has 0 unspecified atom stereocenters. The quantitative estimate of drug-likeness (QED) is 0.257. The van der Waals surface area contributed by atoms with Gasteiger partial charge in [0.25, 0.3) is 0 Å². The summed E-state index contributed by atoms with van der Waals surface area (Å²) in [5, 5.41) is 0.172. The lowest BCUT2D eigenvalue weighted by molar-refractivity contribution is -0.0186. The highest BCUT2D eigenvalue weighted by Gasteiger charge is 2.55. The molecule has 2 aromatic heterocycles. The molecule has 0 aliphatic carbocycles. The molecule has 0 saturated carbocycles. The third-order valence-corrected chi connectivity index (χ3v) is 23.7. The van der Waals surface area contributed by atoms with Gasteiger partial charge in [-0.15, -0.1) is 0 Å². The van der Waals surface area contributed by atoms with Crippen molar-refractivity contribution in [2.75, 3.05) is 6.61 Å². The van der Waals surface area contributed by atoms with Crippen LogP contribution >= 0.6 is 0 Å². The van der Waals surface area contributed by atoms with Crippen molar-refractivity contribution in [1.82, 2.24) is 9.97 Å². The van der Waals surface area contributed by atoms with Crippen LogP contribution in [0.25, 0.3) is 11.3 Å². The summed E-state index contributed by atoms with van der Waals surface area (Å²) >= 11 is 0. The molecule has 3 rings (SSSR count). The third kappa shape index (κ3) is 7.89. The molecule has 2 aromatic rings. The van der Waals surface area contributed by atoms with Crippen molar-refractivity contribution in [3.8, 4) is 11.3 Å². The Balaban J connectivity index is 2.08. The van der Waals surface area contributed by atoms with Gasteiger partial charge in [0, 0.05) is 18.0 Å². The molecular weight excluding hydrogens is 573 g/mol. The maximum absolute atomic E-state index is 7.26. The fourth-order valence-electron chi connectivity index (χ4n) is 4.17. The molecule has 3 heterocycles. The van der Waals surface area contributed by atoms with Crippen molar-refractivity contribution in [1.29, 1.82) is 0 Å². The van der Waals surface area contributed by atoms with Crippen LogP contribution < -0.4 is 0 Å². The molecular formula is C33H58N2O4Si3. The molecule has 4 atom stereocenters. The molecule has 236 valence electrons. The monoisotopic (exact) mass is 630 g/mol. The molecule has 0 aromatic carbocycles. The Labute approximate surface area is 259 Å². The summed E-state index contributed by atoms with van der Waals surface area (Å²) in [6, 6.07) is 10.1. The van der Waals surface area contributed by atoms with E-state index in [-0.39, 0.29) is 39.5 Å². The number of hydrogen-bond acceptors (Lipinski definition) is 6. The Morgan fingerprint density at radius 2 is 1.24 bits per heavy atom. The van der Waals surface area contributed by atoms with Gasteiger partial charge in [-0.2, -0.15) is 0 Å². The second-order valence-electron chi connectivity index (χ2n) is 16.5. The normalized spacial score (nSPS) is 22.9. The lowest BCUT2D eigenvalue weighted by Gasteiger charge is -2.44. The van der Waals surface area contributed by atoms with Crippen LogP contribution in [-0.2, 0) is 18.0 Å². The molecule has 1 fully saturated rings. The average Bonchev–Trinajstić information content (AvgIpc) is 3.17. The van der Waals surface area contributed by atoms with Gasteiger partial charge >= 0.3 is 0 Å². The van der Waals surface area contributed by atoms with Crippen molar-refractivity contribution >= 4 is 25.0 Å². The topological polar surface area (TPSA) is 62.7 Å². The highest BCUT2D eigenvalue weighted by Crippen LogP contribution is 2.47. The zero-order valence-corrected chi connectivity index (χ0v) is 32.1. The summed E-state index contributed by atoms with van der Waals surface area (Å²) in [6.45, 7) is 34.9. The van der Waals surface area contributed by atoms with Gasteiger partial charge in [-0.25, -0.2) is 0 Å². The molecule has 42 heavy (non-hydrogen) atoms. The van der Waals surface area contributed by atoms with Gasteiger partial charge in [-0.05, 0) is 78.7 Å².